The summed E-state index contributed by atoms with van der Waals surface area (Å²) in [5.41, 5.74) is 11.9. The number of nitrogens with zero attached hydrogens (tertiary/aromatic N) is 3. The molecule has 8 aromatic rings. The molecule has 258 valence electrons. The molecule has 0 aliphatic heterocycles. The van der Waals surface area contributed by atoms with Crippen LogP contribution < -0.4 is 9.47 Å². The Hall–Kier alpha value is -6.14. The van der Waals surface area contributed by atoms with E-state index >= 15 is 0 Å². The predicted molar refractivity (Wildman–Crippen MR) is 210 cm³/mol. The van der Waals surface area contributed by atoms with Crippen LogP contribution in [0.3, 0.4) is 0 Å². The van der Waals surface area contributed by atoms with Crippen molar-refractivity contribution >= 4 is 21.9 Å². The van der Waals surface area contributed by atoms with Crippen molar-refractivity contribution in [3.05, 3.63) is 150 Å². The standard InChI is InChI=1S/C46H41N3O3/c1-28-12-10-13-29(2)42(28)32-18-19-47-41(26-32)51-36-15-11-14-35(27-36)50-40-25-33(24-38-37-16-8-9-17-39(37)52-44(38)40)45-48-20-21-49(45)43-30(3)22-34(23-31(43)4)46(5,6)7/h8-27H,1-7H3. The third kappa shape index (κ3) is 6.11. The summed E-state index contributed by atoms with van der Waals surface area (Å²) in [6.07, 6.45) is 5.67. The van der Waals surface area contributed by atoms with Crippen LogP contribution in [0.25, 0.3) is 50.1 Å². The summed E-state index contributed by atoms with van der Waals surface area (Å²) in [4.78, 5) is 9.40. The molecule has 3 heterocycles. The first-order chi connectivity index (χ1) is 25.0. The van der Waals surface area contributed by atoms with Crippen molar-refractivity contribution in [2.45, 2.75) is 53.9 Å². The van der Waals surface area contributed by atoms with Gasteiger partial charge in [0.25, 0.3) is 0 Å². The number of pyridine rings is 1. The van der Waals surface area contributed by atoms with Crippen molar-refractivity contribution in [2.24, 2.45) is 0 Å². The fourth-order valence-electron chi connectivity index (χ4n) is 7.21. The zero-order valence-electron chi connectivity index (χ0n) is 30.6. The Balaban J connectivity index is 1.18. The number of benzene rings is 5. The summed E-state index contributed by atoms with van der Waals surface area (Å²) < 4.78 is 21.6. The van der Waals surface area contributed by atoms with Crippen LogP contribution in [-0.4, -0.2) is 14.5 Å². The van der Waals surface area contributed by atoms with Gasteiger partial charge in [-0.15, -0.1) is 0 Å². The van der Waals surface area contributed by atoms with Crippen molar-refractivity contribution < 1.29 is 13.9 Å². The molecule has 3 aromatic heterocycles. The second-order valence-corrected chi connectivity index (χ2v) is 14.6. The highest BCUT2D eigenvalue weighted by Crippen LogP contribution is 2.42. The maximum absolute atomic E-state index is 6.68. The number of fused-ring (bicyclic) bond motifs is 3. The van der Waals surface area contributed by atoms with Crippen LogP contribution in [0.15, 0.2) is 126 Å². The number of furan rings is 1. The molecule has 0 N–H and O–H groups in total. The second-order valence-electron chi connectivity index (χ2n) is 14.6. The molecule has 0 spiro atoms. The summed E-state index contributed by atoms with van der Waals surface area (Å²) in [7, 11) is 0. The van der Waals surface area contributed by atoms with Gasteiger partial charge in [0.2, 0.25) is 5.88 Å². The smallest absolute Gasteiger partial charge is 0.219 e. The molecule has 0 atom stereocenters. The minimum absolute atomic E-state index is 0.0503. The maximum Gasteiger partial charge on any atom is 0.219 e. The maximum atomic E-state index is 6.68. The van der Waals surface area contributed by atoms with Gasteiger partial charge in [-0.25, -0.2) is 9.97 Å². The largest absolute Gasteiger partial charge is 0.453 e. The Bertz CT molecular complexity index is 2580. The van der Waals surface area contributed by atoms with Crippen molar-refractivity contribution in [1.29, 1.82) is 0 Å². The van der Waals surface area contributed by atoms with E-state index in [2.05, 4.69) is 100 Å². The Kier molecular flexibility index (Phi) is 8.18. The van der Waals surface area contributed by atoms with Crippen LogP contribution in [-0.2, 0) is 5.41 Å². The monoisotopic (exact) mass is 683 g/mol. The molecule has 0 saturated carbocycles. The van der Waals surface area contributed by atoms with Crippen LogP contribution in [0, 0.1) is 27.7 Å². The van der Waals surface area contributed by atoms with Crippen LogP contribution in [0.5, 0.6) is 23.1 Å². The Morgan fingerprint density at radius 1 is 0.615 bits per heavy atom. The predicted octanol–water partition coefficient (Wildman–Crippen LogP) is 12.6. The van der Waals surface area contributed by atoms with Crippen molar-refractivity contribution in [2.75, 3.05) is 0 Å². The Labute approximate surface area is 304 Å². The number of imidazole rings is 1. The van der Waals surface area contributed by atoms with Crippen LogP contribution >= 0.6 is 0 Å². The lowest BCUT2D eigenvalue weighted by Crippen LogP contribution is -2.13. The molecule has 6 nitrogen and oxygen atoms in total. The molecule has 0 fully saturated rings. The van der Waals surface area contributed by atoms with E-state index in [0.29, 0.717) is 28.7 Å². The molecule has 0 amide bonds. The van der Waals surface area contributed by atoms with E-state index in [1.165, 1.54) is 33.4 Å². The van der Waals surface area contributed by atoms with Gasteiger partial charge in [-0.05, 0) is 108 Å². The second kappa shape index (κ2) is 12.9. The van der Waals surface area contributed by atoms with E-state index in [4.69, 9.17) is 18.9 Å². The Morgan fingerprint density at radius 3 is 2.08 bits per heavy atom. The fraction of sp³-hybridized carbons (Fsp3) is 0.174. The van der Waals surface area contributed by atoms with Gasteiger partial charge in [0.05, 0.1) is 5.69 Å². The SMILES string of the molecule is Cc1cccc(C)c1-c1ccnc(Oc2cccc(Oc3cc(-c4nccn4-c4c(C)cc(C(C)(C)C)cc4C)cc4c3oc3ccccc34)c2)c1. The molecule has 0 bridgehead atoms. The van der Waals surface area contributed by atoms with Crippen LogP contribution in [0.1, 0.15) is 48.6 Å². The Morgan fingerprint density at radius 2 is 1.33 bits per heavy atom. The first-order valence-corrected chi connectivity index (χ1v) is 17.6. The minimum Gasteiger partial charge on any atom is -0.453 e. The van der Waals surface area contributed by atoms with E-state index in [9.17, 15) is 0 Å². The lowest BCUT2D eigenvalue weighted by molar-refractivity contribution is 0.448. The summed E-state index contributed by atoms with van der Waals surface area (Å²) in [6, 6.07) is 34.7. The highest BCUT2D eigenvalue weighted by atomic mass is 16.5. The van der Waals surface area contributed by atoms with E-state index in [1.807, 2.05) is 73.1 Å². The van der Waals surface area contributed by atoms with Gasteiger partial charge in [0.1, 0.15) is 22.9 Å². The molecule has 0 saturated heterocycles. The fourth-order valence-corrected chi connectivity index (χ4v) is 7.21. The van der Waals surface area contributed by atoms with Gasteiger partial charge in [-0.2, -0.15) is 0 Å². The summed E-state index contributed by atoms with van der Waals surface area (Å²) in [6.45, 7) is 15.3. The van der Waals surface area contributed by atoms with E-state index in [-0.39, 0.29) is 5.41 Å². The summed E-state index contributed by atoms with van der Waals surface area (Å²) >= 11 is 0. The number of para-hydroxylation sites is 1. The number of hydrogen-bond acceptors (Lipinski definition) is 5. The third-order valence-electron chi connectivity index (χ3n) is 9.70. The van der Waals surface area contributed by atoms with Crippen LogP contribution in [0.4, 0.5) is 0 Å². The summed E-state index contributed by atoms with van der Waals surface area (Å²) in [5.74, 6) is 3.13. The van der Waals surface area contributed by atoms with Crippen molar-refractivity contribution in [3.63, 3.8) is 0 Å². The van der Waals surface area contributed by atoms with Gasteiger partial charge in [-0.1, -0.05) is 75.4 Å². The third-order valence-corrected chi connectivity index (χ3v) is 9.70. The molecular formula is C46H41N3O3. The van der Waals surface area contributed by atoms with Crippen molar-refractivity contribution in [1.82, 2.24) is 14.5 Å². The topological polar surface area (TPSA) is 62.3 Å². The molecule has 0 radical (unpaired) electrons. The molecule has 8 rings (SSSR count). The zero-order chi connectivity index (χ0) is 36.1. The quantitative estimate of drug-likeness (QED) is 0.167. The highest BCUT2D eigenvalue weighted by Gasteiger charge is 2.21. The molecule has 52 heavy (non-hydrogen) atoms. The van der Waals surface area contributed by atoms with Crippen molar-refractivity contribution in [3.8, 4) is 51.3 Å². The number of aromatic nitrogens is 3. The molecule has 6 heteroatoms. The first kappa shape index (κ1) is 33.0. The van der Waals surface area contributed by atoms with Crippen LogP contribution in [0.2, 0.25) is 0 Å². The van der Waals surface area contributed by atoms with E-state index in [1.54, 1.807) is 6.20 Å². The normalized spacial score (nSPS) is 11.8. The molecular weight excluding hydrogens is 643 g/mol. The first-order valence-electron chi connectivity index (χ1n) is 17.6. The highest BCUT2D eigenvalue weighted by molar-refractivity contribution is 6.08. The number of rotatable bonds is 7. The average molecular weight is 684 g/mol. The molecule has 0 aliphatic rings. The molecule has 0 unspecified atom stereocenters. The lowest BCUT2D eigenvalue weighted by atomic mass is 9.84. The number of ether oxygens (including phenoxy) is 2. The number of aryl methyl sites for hydroxylation is 4. The van der Waals surface area contributed by atoms with Gasteiger partial charge in [-0.3, -0.25) is 4.57 Å². The van der Waals surface area contributed by atoms with Gasteiger partial charge in [0.15, 0.2) is 11.3 Å². The summed E-state index contributed by atoms with van der Waals surface area (Å²) in [5, 5.41) is 1.96. The molecule has 5 aromatic carbocycles. The lowest BCUT2D eigenvalue weighted by Gasteiger charge is -2.23. The van der Waals surface area contributed by atoms with E-state index in [0.717, 1.165) is 39.0 Å². The average Bonchev–Trinajstić information content (AvgIpc) is 3.73. The zero-order valence-corrected chi connectivity index (χ0v) is 30.6. The number of hydrogen-bond donors (Lipinski definition) is 0. The minimum atomic E-state index is 0.0503. The van der Waals surface area contributed by atoms with Gasteiger partial charge < -0.3 is 13.9 Å². The van der Waals surface area contributed by atoms with Gasteiger partial charge >= 0.3 is 0 Å². The van der Waals surface area contributed by atoms with E-state index < -0.39 is 0 Å². The molecule has 0 aliphatic carbocycles. The van der Waals surface area contributed by atoms with Gasteiger partial charge in [0, 0.05) is 47.1 Å².